The van der Waals surface area contributed by atoms with Crippen molar-refractivity contribution in [3.63, 3.8) is 0 Å². The molecule has 8 heteroatoms. The van der Waals surface area contributed by atoms with Crippen LogP contribution in [-0.4, -0.2) is 53.7 Å². The fraction of sp³-hybridized carbons (Fsp3) is 0.238. The lowest BCUT2D eigenvalue weighted by atomic mass is 10.1. The van der Waals surface area contributed by atoms with Gasteiger partial charge in [-0.3, -0.25) is 9.80 Å². The third kappa shape index (κ3) is 4.76. The Morgan fingerprint density at radius 3 is 2.62 bits per heavy atom. The first-order chi connectivity index (χ1) is 13.9. The van der Waals surface area contributed by atoms with Crippen molar-refractivity contribution in [2.75, 3.05) is 32.8 Å². The number of H-pyrrole nitrogens is 1. The predicted octanol–water partition coefficient (Wildman–Crippen LogP) is 3.11. The number of nitrogens with zero attached hydrogens (tertiary/aromatic N) is 3. The number of carbonyl (C=O) groups excluding carboxylic acids is 1. The lowest BCUT2D eigenvalue weighted by molar-refractivity contribution is 0.0912. The van der Waals surface area contributed by atoms with Gasteiger partial charge in [-0.1, -0.05) is 41.9 Å². The third-order valence-electron chi connectivity index (χ3n) is 4.70. The zero-order valence-corrected chi connectivity index (χ0v) is 17.3. The summed E-state index contributed by atoms with van der Waals surface area (Å²) in [5.74, 6) is 0.418. The number of nitrogens with one attached hydrogen (secondary N) is 2. The van der Waals surface area contributed by atoms with Gasteiger partial charge in [-0.2, -0.15) is 0 Å². The molecule has 0 unspecified atom stereocenters. The van der Waals surface area contributed by atoms with Crippen LogP contribution in [0.1, 0.15) is 22.1 Å². The second-order valence-electron chi connectivity index (χ2n) is 6.81. The van der Waals surface area contributed by atoms with Gasteiger partial charge in [0.25, 0.3) is 5.91 Å². The van der Waals surface area contributed by atoms with Crippen molar-refractivity contribution in [2.24, 2.45) is 0 Å². The topological polar surface area (TPSA) is 84.5 Å². The Balaban J connectivity index is 1.82. The quantitative estimate of drug-likeness (QED) is 0.518. The molecule has 0 spiro atoms. The van der Waals surface area contributed by atoms with Crippen LogP contribution in [0.2, 0.25) is 5.02 Å². The van der Waals surface area contributed by atoms with E-state index >= 15 is 0 Å². The molecule has 3 N–H and O–H groups in total. The second kappa shape index (κ2) is 9.09. The van der Waals surface area contributed by atoms with E-state index in [0.717, 1.165) is 22.5 Å². The Bertz CT molecular complexity index is 974. The fourth-order valence-electron chi connectivity index (χ4n) is 2.87. The Kier molecular flexibility index (Phi) is 6.53. The van der Waals surface area contributed by atoms with Crippen molar-refractivity contribution in [1.29, 1.82) is 0 Å². The molecule has 1 atom stereocenters. The van der Waals surface area contributed by atoms with Crippen LogP contribution in [-0.2, 0) is 0 Å². The number of anilines is 1. The molecule has 0 radical (unpaired) electrons. The first-order valence-corrected chi connectivity index (χ1v) is 9.50. The lowest BCUT2D eigenvalue weighted by Crippen LogP contribution is -2.33. The normalized spacial score (nSPS) is 12.1. The number of aliphatic hydroxyl groups is 1. The highest BCUT2D eigenvalue weighted by molar-refractivity contribution is 6.33. The lowest BCUT2D eigenvalue weighted by Gasteiger charge is -2.25. The minimum Gasteiger partial charge on any atom is -0.394 e. The molecule has 0 aliphatic heterocycles. The Hall–Kier alpha value is -2.87. The standard InChI is InChI=1S/C21H24ClN5O2/c1-26(2)27(3)20-10-16(17(22)12-24-20)15-9-18(23-11-15)21(29)25-19(13-28)14-7-5-4-6-8-14/h4-12,19,23,28H,13H2,1-3H3,(H,25,29)/t19-/m1/s1. The molecule has 1 aromatic carbocycles. The molecule has 2 aromatic heterocycles. The van der Waals surface area contributed by atoms with Crippen LogP contribution in [0.25, 0.3) is 11.1 Å². The zero-order chi connectivity index (χ0) is 21.0. The van der Waals surface area contributed by atoms with Gasteiger partial charge < -0.3 is 15.4 Å². The van der Waals surface area contributed by atoms with Crippen LogP contribution in [0.15, 0.2) is 54.9 Å². The summed E-state index contributed by atoms with van der Waals surface area (Å²) in [6.45, 7) is -0.195. The highest BCUT2D eigenvalue weighted by Crippen LogP contribution is 2.31. The highest BCUT2D eigenvalue weighted by Gasteiger charge is 2.18. The Morgan fingerprint density at radius 1 is 1.24 bits per heavy atom. The summed E-state index contributed by atoms with van der Waals surface area (Å²) in [4.78, 5) is 20.0. The number of rotatable bonds is 7. The van der Waals surface area contributed by atoms with Crippen molar-refractivity contribution < 1.29 is 9.90 Å². The summed E-state index contributed by atoms with van der Waals surface area (Å²) in [6.07, 6.45) is 3.32. The largest absolute Gasteiger partial charge is 0.394 e. The van der Waals surface area contributed by atoms with Gasteiger partial charge in [0.1, 0.15) is 11.5 Å². The van der Waals surface area contributed by atoms with E-state index in [1.54, 1.807) is 18.5 Å². The van der Waals surface area contributed by atoms with Gasteiger partial charge in [0.05, 0.1) is 17.7 Å². The number of aromatic nitrogens is 2. The summed E-state index contributed by atoms with van der Waals surface area (Å²) < 4.78 is 0. The second-order valence-corrected chi connectivity index (χ2v) is 7.22. The van der Waals surface area contributed by atoms with Crippen LogP contribution in [0, 0.1) is 0 Å². The molecule has 7 nitrogen and oxygen atoms in total. The highest BCUT2D eigenvalue weighted by atomic mass is 35.5. The van der Waals surface area contributed by atoms with Crippen molar-refractivity contribution in [3.05, 3.63) is 71.1 Å². The van der Waals surface area contributed by atoms with E-state index in [1.165, 1.54) is 0 Å². The summed E-state index contributed by atoms with van der Waals surface area (Å²) in [5, 5.41) is 16.8. The van der Waals surface area contributed by atoms with Crippen molar-refractivity contribution in [1.82, 2.24) is 20.3 Å². The van der Waals surface area contributed by atoms with Gasteiger partial charge in [-0.25, -0.2) is 9.99 Å². The predicted molar refractivity (Wildman–Crippen MR) is 115 cm³/mol. The van der Waals surface area contributed by atoms with E-state index in [-0.39, 0.29) is 12.5 Å². The van der Waals surface area contributed by atoms with E-state index in [0.29, 0.717) is 10.7 Å². The maximum atomic E-state index is 12.7. The van der Waals surface area contributed by atoms with Crippen LogP contribution < -0.4 is 10.3 Å². The number of hydrogen-bond donors (Lipinski definition) is 3. The number of aromatic amines is 1. The minimum atomic E-state index is -0.486. The van der Waals surface area contributed by atoms with E-state index < -0.39 is 6.04 Å². The van der Waals surface area contributed by atoms with Crippen molar-refractivity contribution in [3.8, 4) is 11.1 Å². The third-order valence-corrected chi connectivity index (χ3v) is 5.00. The van der Waals surface area contributed by atoms with E-state index in [2.05, 4.69) is 15.3 Å². The number of benzene rings is 1. The van der Waals surface area contributed by atoms with Crippen LogP contribution in [0.3, 0.4) is 0 Å². The summed E-state index contributed by atoms with van der Waals surface area (Å²) in [6, 6.07) is 12.5. The van der Waals surface area contributed by atoms with E-state index in [9.17, 15) is 9.90 Å². The molecule has 2 heterocycles. The number of halogens is 1. The molecule has 0 bridgehead atoms. The van der Waals surface area contributed by atoms with Gasteiger partial charge in [-0.05, 0) is 17.7 Å². The van der Waals surface area contributed by atoms with Gasteiger partial charge in [0.15, 0.2) is 0 Å². The van der Waals surface area contributed by atoms with Gasteiger partial charge >= 0.3 is 0 Å². The molecule has 0 aliphatic rings. The van der Waals surface area contributed by atoms with Gasteiger partial charge in [0, 0.05) is 44.7 Å². The fourth-order valence-corrected chi connectivity index (χ4v) is 3.08. The molecule has 0 saturated carbocycles. The van der Waals surface area contributed by atoms with Crippen LogP contribution in [0.5, 0.6) is 0 Å². The zero-order valence-electron chi connectivity index (χ0n) is 16.6. The molecule has 29 heavy (non-hydrogen) atoms. The molecular weight excluding hydrogens is 390 g/mol. The Morgan fingerprint density at radius 2 is 1.97 bits per heavy atom. The number of aliphatic hydroxyl groups excluding tert-OH is 1. The van der Waals surface area contributed by atoms with Gasteiger partial charge in [-0.15, -0.1) is 0 Å². The van der Waals surface area contributed by atoms with E-state index in [1.807, 2.05) is 67.6 Å². The summed E-state index contributed by atoms with van der Waals surface area (Å²) >= 11 is 6.35. The van der Waals surface area contributed by atoms with E-state index in [4.69, 9.17) is 11.6 Å². The number of hydrazine groups is 1. The molecule has 0 fully saturated rings. The number of hydrogen-bond acceptors (Lipinski definition) is 5. The Labute approximate surface area is 174 Å². The van der Waals surface area contributed by atoms with Crippen LogP contribution in [0.4, 0.5) is 5.82 Å². The van der Waals surface area contributed by atoms with Crippen molar-refractivity contribution >= 4 is 23.3 Å². The maximum absolute atomic E-state index is 12.7. The number of carbonyl (C=O) groups is 1. The first-order valence-electron chi connectivity index (χ1n) is 9.12. The smallest absolute Gasteiger partial charge is 0.268 e. The SMILES string of the molecule is CN(C)N(C)c1cc(-c2c[nH]c(C(=O)N[C@H](CO)c3ccccc3)c2)c(Cl)cn1. The van der Waals surface area contributed by atoms with Crippen molar-refractivity contribution in [2.45, 2.75) is 6.04 Å². The summed E-state index contributed by atoms with van der Waals surface area (Å²) in [7, 11) is 5.73. The van der Waals surface area contributed by atoms with Gasteiger partial charge in [0.2, 0.25) is 0 Å². The first kappa shape index (κ1) is 20.9. The molecule has 3 aromatic rings. The number of pyridine rings is 1. The molecule has 0 saturated heterocycles. The average molecular weight is 414 g/mol. The molecular formula is C21H24ClN5O2. The van der Waals surface area contributed by atoms with Crippen LogP contribution >= 0.6 is 11.6 Å². The average Bonchev–Trinajstić information content (AvgIpc) is 3.22. The maximum Gasteiger partial charge on any atom is 0.268 e. The number of amides is 1. The molecule has 3 rings (SSSR count). The molecule has 1 amide bonds. The summed E-state index contributed by atoms with van der Waals surface area (Å²) in [5.41, 5.74) is 2.76. The minimum absolute atomic E-state index is 0.195. The monoisotopic (exact) mass is 413 g/mol. The molecule has 0 aliphatic carbocycles. The molecule has 152 valence electrons.